The van der Waals surface area contributed by atoms with Gasteiger partial charge in [0.25, 0.3) is 5.84 Å². The molecule has 42 heavy (non-hydrogen) atoms. The third-order valence-electron chi connectivity index (χ3n) is 9.98. The molecule has 0 aliphatic carbocycles. The van der Waals surface area contributed by atoms with Gasteiger partial charge in [-0.25, -0.2) is 4.90 Å². The van der Waals surface area contributed by atoms with Crippen molar-refractivity contribution in [2.45, 2.75) is 45.1 Å². The molecule has 2 aliphatic heterocycles. The summed E-state index contributed by atoms with van der Waals surface area (Å²) < 4.78 is 2.71. The Kier molecular flexibility index (Phi) is 6.78. The summed E-state index contributed by atoms with van der Waals surface area (Å²) in [5, 5.41) is 0. The van der Waals surface area contributed by atoms with Gasteiger partial charge in [-0.05, 0) is 65.8 Å². The molecule has 0 saturated carbocycles. The normalized spacial score (nSPS) is 17.2. The standard InChI is InChI=1S/C40H39N2/c1-4-40(5-2)29(3)41-25-26-42(39(41)34-23-15-16-24-37(34)40)38-35(31-19-11-7-12-20-31)27-33(30-17-9-6-10-18-30)28-36(38)32-21-13-8-14-22-32/h6-24,27-29H,4-5,25-26H2,1-3H3/q+1. The van der Waals surface area contributed by atoms with Crippen LogP contribution in [0.15, 0.2) is 127 Å². The number of anilines is 1. The van der Waals surface area contributed by atoms with Crippen molar-refractivity contribution in [3.8, 4) is 33.4 Å². The second kappa shape index (κ2) is 10.8. The summed E-state index contributed by atoms with van der Waals surface area (Å²) >= 11 is 0. The molecule has 0 fully saturated rings. The Labute approximate surface area is 250 Å². The first kappa shape index (κ1) is 26.5. The lowest BCUT2D eigenvalue weighted by atomic mass is 9.67. The van der Waals surface area contributed by atoms with E-state index in [2.05, 4.69) is 158 Å². The summed E-state index contributed by atoms with van der Waals surface area (Å²) in [6, 6.07) is 47.2. The van der Waals surface area contributed by atoms with E-state index in [9.17, 15) is 0 Å². The van der Waals surface area contributed by atoms with E-state index in [0.717, 1.165) is 25.9 Å². The van der Waals surface area contributed by atoms with E-state index in [4.69, 9.17) is 0 Å². The maximum absolute atomic E-state index is 2.71. The van der Waals surface area contributed by atoms with Crippen molar-refractivity contribution in [2.75, 3.05) is 18.0 Å². The fraction of sp³-hybridized carbons (Fsp3) is 0.225. The van der Waals surface area contributed by atoms with Crippen LogP contribution in [0.4, 0.5) is 5.69 Å². The van der Waals surface area contributed by atoms with Gasteiger partial charge in [-0.3, -0.25) is 4.58 Å². The molecule has 0 aromatic heterocycles. The molecular formula is C40H39N2+. The maximum Gasteiger partial charge on any atom is 0.285 e. The van der Waals surface area contributed by atoms with Gasteiger partial charge in [-0.15, -0.1) is 0 Å². The molecule has 5 aromatic carbocycles. The molecule has 2 nitrogen and oxygen atoms in total. The van der Waals surface area contributed by atoms with Crippen LogP contribution in [0.2, 0.25) is 0 Å². The Morgan fingerprint density at radius 3 is 1.67 bits per heavy atom. The van der Waals surface area contributed by atoms with E-state index in [-0.39, 0.29) is 5.41 Å². The molecule has 0 N–H and O–H groups in total. The Bertz CT molecular complexity index is 1690. The predicted octanol–water partition coefficient (Wildman–Crippen LogP) is 9.43. The predicted molar refractivity (Wildman–Crippen MR) is 177 cm³/mol. The van der Waals surface area contributed by atoms with Crippen LogP contribution in [0.5, 0.6) is 0 Å². The van der Waals surface area contributed by atoms with E-state index in [1.54, 1.807) is 0 Å². The minimum absolute atomic E-state index is 0.151. The number of rotatable bonds is 6. The smallest absolute Gasteiger partial charge is 0.254 e. The lowest BCUT2D eigenvalue weighted by Gasteiger charge is -2.42. The van der Waals surface area contributed by atoms with Crippen LogP contribution in [0.25, 0.3) is 33.4 Å². The van der Waals surface area contributed by atoms with E-state index in [1.165, 1.54) is 56.0 Å². The summed E-state index contributed by atoms with van der Waals surface area (Å²) in [5.41, 5.74) is 11.9. The molecule has 2 heteroatoms. The molecule has 208 valence electrons. The minimum Gasteiger partial charge on any atom is -0.254 e. The first-order valence-corrected chi connectivity index (χ1v) is 15.5. The van der Waals surface area contributed by atoms with Crippen LogP contribution in [0, 0.1) is 0 Å². The van der Waals surface area contributed by atoms with Crippen molar-refractivity contribution >= 4 is 11.5 Å². The van der Waals surface area contributed by atoms with Gasteiger partial charge in [0, 0.05) is 16.5 Å². The number of hydrogen-bond acceptors (Lipinski definition) is 1. The molecular weight excluding hydrogens is 508 g/mol. The second-order valence-electron chi connectivity index (χ2n) is 11.8. The topological polar surface area (TPSA) is 6.25 Å². The largest absolute Gasteiger partial charge is 0.285 e. The first-order valence-electron chi connectivity index (χ1n) is 15.5. The van der Waals surface area contributed by atoms with Crippen LogP contribution in [-0.2, 0) is 5.41 Å². The zero-order valence-corrected chi connectivity index (χ0v) is 24.9. The van der Waals surface area contributed by atoms with Crippen LogP contribution >= 0.6 is 0 Å². The highest BCUT2D eigenvalue weighted by atomic mass is 15.3. The van der Waals surface area contributed by atoms with Crippen molar-refractivity contribution < 1.29 is 4.58 Å². The lowest BCUT2D eigenvalue weighted by Crippen LogP contribution is -2.51. The quantitative estimate of drug-likeness (QED) is 0.192. The average Bonchev–Trinajstić information content (AvgIpc) is 3.51. The third kappa shape index (κ3) is 4.12. The highest BCUT2D eigenvalue weighted by Crippen LogP contribution is 2.48. The van der Waals surface area contributed by atoms with Gasteiger partial charge in [0.2, 0.25) is 0 Å². The molecule has 5 aromatic rings. The van der Waals surface area contributed by atoms with Crippen molar-refractivity contribution in [3.63, 3.8) is 0 Å². The van der Waals surface area contributed by atoms with Gasteiger partial charge in [-0.2, -0.15) is 0 Å². The summed E-state index contributed by atoms with van der Waals surface area (Å²) in [4.78, 5) is 2.64. The molecule has 7 rings (SSSR count). The summed E-state index contributed by atoms with van der Waals surface area (Å²) in [6.45, 7) is 9.19. The Morgan fingerprint density at radius 1 is 0.619 bits per heavy atom. The van der Waals surface area contributed by atoms with Crippen LogP contribution < -0.4 is 4.90 Å². The van der Waals surface area contributed by atoms with Crippen LogP contribution in [-0.4, -0.2) is 29.5 Å². The number of amidine groups is 1. The molecule has 2 heterocycles. The van der Waals surface area contributed by atoms with Crippen LogP contribution in [0.1, 0.15) is 44.7 Å². The van der Waals surface area contributed by atoms with Gasteiger partial charge in [-0.1, -0.05) is 123 Å². The molecule has 1 unspecified atom stereocenters. The monoisotopic (exact) mass is 547 g/mol. The number of benzene rings is 5. The number of hydrogen-bond donors (Lipinski definition) is 0. The molecule has 1 atom stereocenters. The average molecular weight is 548 g/mol. The molecule has 0 amide bonds. The SMILES string of the molecule is CCC1(CC)c2ccccc2C2=[N+](CCN2c2c(-c3ccccc3)cc(-c3ccccc3)cc2-c2ccccc2)C1C. The fourth-order valence-corrected chi connectivity index (χ4v) is 7.72. The number of fused-ring (bicyclic) bond motifs is 2. The third-order valence-corrected chi connectivity index (χ3v) is 9.98. The summed E-state index contributed by atoms with van der Waals surface area (Å²) in [7, 11) is 0. The molecule has 0 spiro atoms. The van der Waals surface area contributed by atoms with E-state index < -0.39 is 0 Å². The Balaban J connectivity index is 1.54. The Morgan fingerprint density at radius 2 is 1.12 bits per heavy atom. The number of nitrogens with zero attached hydrogens (tertiary/aromatic N) is 2. The van der Waals surface area contributed by atoms with E-state index in [0.29, 0.717) is 6.04 Å². The van der Waals surface area contributed by atoms with Crippen molar-refractivity contribution in [2.24, 2.45) is 0 Å². The van der Waals surface area contributed by atoms with Crippen molar-refractivity contribution in [3.05, 3.63) is 139 Å². The van der Waals surface area contributed by atoms with Crippen molar-refractivity contribution in [1.82, 2.24) is 0 Å². The zero-order chi connectivity index (χ0) is 28.7. The summed E-state index contributed by atoms with van der Waals surface area (Å²) in [6.07, 6.45) is 2.28. The van der Waals surface area contributed by atoms with Gasteiger partial charge in [0.1, 0.15) is 24.8 Å². The fourth-order valence-electron chi connectivity index (χ4n) is 7.72. The van der Waals surface area contributed by atoms with Gasteiger partial charge in [0.15, 0.2) is 0 Å². The van der Waals surface area contributed by atoms with E-state index in [1.807, 2.05) is 0 Å². The minimum atomic E-state index is 0.151. The highest BCUT2D eigenvalue weighted by Gasteiger charge is 2.51. The molecule has 0 bridgehead atoms. The molecule has 0 saturated heterocycles. The van der Waals surface area contributed by atoms with Gasteiger partial charge >= 0.3 is 0 Å². The first-order chi connectivity index (χ1) is 20.7. The van der Waals surface area contributed by atoms with Crippen molar-refractivity contribution in [1.29, 1.82) is 0 Å². The van der Waals surface area contributed by atoms with E-state index >= 15 is 0 Å². The molecule has 2 aliphatic rings. The van der Waals surface area contributed by atoms with Gasteiger partial charge in [0.05, 0.1) is 5.56 Å². The van der Waals surface area contributed by atoms with Crippen LogP contribution in [0.3, 0.4) is 0 Å². The van der Waals surface area contributed by atoms with Gasteiger partial charge < -0.3 is 0 Å². The molecule has 0 radical (unpaired) electrons. The second-order valence-corrected chi connectivity index (χ2v) is 11.8. The Hall–Kier alpha value is -4.43. The zero-order valence-electron chi connectivity index (χ0n) is 24.9. The highest BCUT2D eigenvalue weighted by molar-refractivity contribution is 6.14. The maximum atomic E-state index is 2.71. The summed E-state index contributed by atoms with van der Waals surface area (Å²) in [5.74, 6) is 1.36. The lowest BCUT2D eigenvalue weighted by molar-refractivity contribution is -0.567.